The molecule has 3 heterocycles. The molecule has 1 unspecified atom stereocenters. The van der Waals surface area contributed by atoms with Crippen molar-refractivity contribution < 1.29 is 27.7 Å². The summed E-state index contributed by atoms with van der Waals surface area (Å²) < 4.78 is 53.5. The van der Waals surface area contributed by atoms with Crippen LogP contribution >= 0.6 is 11.6 Å². The SMILES string of the molecule is CO[C@@H]1C(n2cc(-c3ccc(Cl)c(F)c3F)nn2)[C@H]2OC(C)(C)OC[C@H]2O[C@@H]1CN=[N+]=[N-]. The predicted molar refractivity (Wildman–Crippen MR) is 108 cm³/mol. The van der Waals surface area contributed by atoms with Crippen molar-refractivity contribution in [1.82, 2.24) is 15.0 Å². The highest BCUT2D eigenvalue weighted by molar-refractivity contribution is 6.30. The fourth-order valence-corrected chi connectivity index (χ4v) is 4.20. The maximum absolute atomic E-state index is 14.4. The van der Waals surface area contributed by atoms with Gasteiger partial charge in [-0.3, -0.25) is 0 Å². The molecule has 0 radical (unpaired) electrons. The number of benzene rings is 1. The number of nitrogens with zero attached hydrogens (tertiary/aromatic N) is 6. The Bertz CT molecular complexity index is 1050. The number of hydrogen-bond acceptors (Lipinski definition) is 7. The number of methoxy groups -OCH3 is 1. The van der Waals surface area contributed by atoms with Crippen molar-refractivity contribution in [1.29, 1.82) is 0 Å². The second-order valence-corrected chi connectivity index (χ2v) is 8.32. The van der Waals surface area contributed by atoms with Gasteiger partial charge in [0.15, 0.2) is 17.4 Å². The number of fused-ring (bicyclic) bond motifs is 1. The number of azide groups is 1. The lowest BCUT2D eigenvalue weighted by molar-refractivity contribution is -0.348. The Morgan fingerprint density at radius 1 is 1.38 bits per heavy atom. The second kappa shape index (κ2) is 8.89. The van der Waals surface area contributed by atoms with Crippen LogP contribution in [0.3, 0.4) is 0 Å². The molecular weight excluding hydrogens is 450 g/mol. The minimum absolute atomic E-state index is 0.0106. The topological polar surface area (TPSA) is 116 Å². The average molecular weight is 471 g/mol. The number of aromatic nitrogens is 3. The monoisotopic (exact) mass is 470 g/mol. The molecule has 2 aliphatic rings. The Morgan fingerprint density at radius 2 is 2.16 bits per heavy atom. The van der Waals surface area contributed by atoms with Gasteiger partial charge in [-0.1, -0.05) is 21.9 Å². The van der Waals surface area contributed by atoms with E-state index in [9.17, 15) is 8.78 Å². The van der Waals surface area contributed by atoms with E-state index in [0.29, 0.717) is 0 Å². The summed E-state index contributed by atoms with van der Waals surface area (Å²) >= 11 is 5.65. The van der Waals surface area contributed by atoms with Crippen LogP contribution in [-0.2, 0) is 18.9 Å². The lowest BCUT2D eigenvalue weighted by Crippen LogP contribution is -2.63. The molecule has 2 fully saturated rings. The van der Waals surface area contributed by atoms with Crippen molar-refractivity contribution in [2.45, 2.75) is 50.1 Å². The first-order valence-corrected chi connectivity index (χ1v) is 10.2. The van der Waals surface area contributed by atoms with Gasteiger partial charge < -0.3 is 18.9 Å². The summed E-state index contributed by atoms with van der Waals surface area (Å²) in [5.41, 5.74) is 8.76. The Morgan fingerprint density at radius 3 is 2.88 bits per heavy atom. The Balaban J connectivity index is 1.74. The zero-order valence-corrected chi connectivity index (χ0v) is 18.2. The van der Waals surface area contributed by atoms with Gasteiger partial charge in [-0.2, -0.15) is 0 Å². The molecular formula is C19H21ClF2N6O4. The van der Waals surface area contributed by atoms with Crippen LogP contribution < -0.4 is 0 Å². The molecule has 172 valence electrons. The smallest absolute Gasteiger partial charge is 0.178 e. The summed E-state index contributed by atoms with van der Waals surface area (Å²) in [5.74, 6) is -3.18. The van der Waals surface area contributed by atoms with E-state index in [0.717, 1.165) is 0 Å². The largest absolute Gasteiger partial charge is 0.376 e. The number of halogens is 3. The molecule has 2 saturated heterocycles. The molecule has 4 rings (SSSR count). The molecule has 2 aliphatic heterocycles. The quantitative estimate of drug-likeness (QED) is 0.285. The zero-order chi connectivity index (χ0) is 23.0. The van der Waals surface area contributed by atoms with Crippen molar-refractivity contribution in [3.8, 4) is 11.3 Å². The molecule has 0 aliphatic carbocycles. The van der Waals surface area contributed by atoms with Crippen molar-refractivity contribution in [2.24, 2.45) is 5.11 Å². The predicted octanol–water partition coefficient (Wildman–Crippen LogP) is 3.66. The molecule has 0 N–H and O–H groups in total. The third kappa shape index (κ3) is 4.17. The van der Waals surface area contributed by atoms with E-state index in [1.165, 1.54) is 30.1 Å². The number of hydrogen-bond donors (Lipinski definition) is 0. The minimum atomic E-state index is -1.16. The van der Waals surface area contributed by atoms with Crippen molar-refractivity contribution in [3.05, 3.63) is 45.4 Å². The van der Waals surface area contributed by atoms with Gasteiger partial charge in [0.1, 0.15) is 30.0 Å². The molecule has 32 heavy (non-hydrogen) atoms. The van der Waals surface area contributed by atoms with E-state index in [4.69, 9.17) is 36.1 Å². The molecule has 13 heteroatoms. The van der Waals surface area contributed by atoms with E-state index in [1.54, 1.807) is 13.8 Å². The molecule has 1 aromatic heterocycles. The van der Waals surface area contributed by atoms with Crippen LogP contribution in [0.4, 0.5) is 8.78 Å². The summed E-state index contributed by atoms with van der Waals surface area (Å²) in [7, 11) is 1.49. The first-order chi connectivity index (χ1) is 15.3. The molecule has 0 spiro atoms. The van der Waals surface area contributed by atoms with Crippen LogP contribution in [0.5, 0.6) is 0 Å². The molecule has 0 saturated carbocycles. The molecule has 0 bridgehead atoms. The summed E-state index contributed by atoms with van der Waals surface area (Å²) in [6, 6.07) is 1.99. The van der Waals surface area contributed by atoms with Gasteiger partial charge in [-0.05, 0) is 31.5 Å². The summed E-state index contributed by atoms with van der Waals surface area (Å²) in [6.45, 7) is 3.78. The van der Waals surface area contributed by atoms with E-state index < -0.39 is 47.9 Å². The van der Waals surface area contributed by atoms with Gasteiger partial charge in [0.05, 0.1) is 30.5 Å². The Kier molecular flexibility index (Phi) is 6.35. The summed E-state index contributed by atoms with van der Waals surface area (Å²) in [4.78, 5) is 2.80. The zero-order valence-electron chi connectivity index (χ0n) is 17.5. The van der Waals surface area contributed by atoms with E-state index in [1.807, 2.05) is 0 Å². The average Bonchev–Trinajstić information content (AvgIpc) is 3.24. The fraction of sp³-hybridized carbons (Fsp3) is 0.579. The number of rotatable bonds is 5. The molecule has 10 nitrogen and oxygen atoms in total. The summed E-state index contributed by atoms with van der Waals surface area (Å²) in [6.07, 6.45) is -0.852. The molecule has 0 amide bonds. The maximum Gasteiger partial charge on any atom is 0.178 e. The van der Waals surface area contributed by atoms with Crippen LogP contribution in [0.25, 0.3) is 21.7 Å². The van der Waals surface area contributed by atoms with Gasteiger partial charge in [-0.15, -0.1) is 5.10 Å². The molecule has 5 atom stereocenters. The standard InChI is InChI=1S/C19H21ClF2N6O4/c1-19(2)30-8-13-18(32-19)16(17(29-3)12(31-13)6-24-26-23)28-7-11(25-27-28)9-4-5-10(20)15(22)14(9)21/h4-5,7,12-13,16-18H,6,8H2,1-3H3/t12-,13-,16?,17+,18+/m1/s1. The van der Waals surface area contributed by atoms with E-state index >= 15 is 0 Å². The Labute approximate surface area is 187 Å². The van der Waals surface area contributed by atoms with Crippen LogP contribution in [0, 0.1) is 11.6 Å². The lowest BCUT2D eigenvalue weighted by Gasteiger charge is -2.50. The van der Waals surface area contributed by atoms with Crippen molar-refractivity contribution in [2.75, 3.05) is 20.3 Å². The second-order valence-electron chi connectivity index (χ2n) is 7.92. The maximum atomic E-state index is 14.4. The van der Waals surface area contributed by atoms with Gasteiger partial charge in [0.2, 0.25) is 0 Å². The number of ether oxygens (including phenoxy) is 4. The van der Waals surface area contributed by atoms with Crippen LogP contribution in [0.15, 0.2) is 23.4 Å². The lowest BCUT2D eigenvalue weighted by atomic mass is 9.91. The highest BCUT2D eigenvalue weighted by Crippen LogP contribution is 2.40. The van der Waals surface area contributed by atoms with E-state index in [-0.39, 0.29) is 29.4 Å². The van der Waals surface area contributed by atoms with Gasteiger partial charge in [-0.25, -0.2) is 13.5 Å². The van der Waals surface area contributed by atoms with Gasteiger partial charge >= 0.3 is 0 Å². The minimum Gasteiger partial charge on any atom is -0.376 e. The van der Waals surface area contributed by atoms with Crippen molar-refractivity contribution >= 4 is 11.6 Å². The molecule has 1 aromatic carbocycles. The first kappa shape index (κ1) is 22.8. The van der Waals surface area contributed by atoms with Gasteiger partial charge in [0, 0.05) is 17.6 Å². The first-order valence-electron chi connectivity index (χ1n) is 9.82. The fourth-order valence-electron chi connectivity index (χ4n) is 4.06. The highest BCUT2D eigenvalue weighted by Gasteiger charge is 2.52. The van der Waals surface area contributed by atoms with Crippen LogP contribution in [-0.4, -0.2) is 65.5 Å². The van der Waals surface area contributed by atoms with Gasteiger partial charge in [0.25, 0.3) is 0 Å². The third-order valence-electron chi connectivity index (χ3n) is 5.49. The van der Waals surface area contributed by atoms with Crippen LogP contribution in [0.1, 0.15) is 19.9 Å². The van der Waals surface area contributed by atoms with Crippen molar-refractivity contribution in [3.63, 3.8) is 0 Å². The van der Waals surface area contributed by atoms with E-state index in [2.05, 4.69) is 20.3 Å². The third-order valence-corrected chi connectivity index (χ3v) is 5.79. The van der Waals surface area contributed by atoms with Crippen LogP contribution in [0.2, 0.25) is 5.02 Å². The highest BCUT2D eigenvalue weighted by atomic mass is 35.5. The normalized spacial score (nSPS) is 29.2. The summed E-state index contributed by atoms with van der Waals surface area (Å²) in [5, 5.41) is 11.5. The molecule has 2 aromatic rings. The Hall–Kier alpha value is -2.34.